The first-order valence-corrected chi connectivity index (χ1v) is 7.03. The van der Waals surface area contributed by atoms with Crippen LogP contribution in [0.4, 0.5) is 0 Å². The number of nitrogens with one attached hydrogen (secondary N) is 1. The predicted molar refractivity (Wildman–Crippen MR) is 70.4 cm³/mol. The maximum atomic E-state index is 5.69. The zero-order valence-electron chi connectivity index (χ0n) is 10.6. The van der Waals surface area contributed by atoms with Gasteiger partial charge in [-0.1, -0.05) is 0 Å². The Morgan fingerprint density at radius 3 is 3.18 bits per heavy atom. The monoisotopic (exact) mass is 255 g/mol. The van der Waals surface area contributed by atoms with E-state index in [-0.39, 0.29) is 0 Å². The second kappa shape index (κ2) is 6.44. The van der Waals surface area contributed by atoms with Crippen molar-refractivity contribution in [2.75, 3.05) is 33.3 Å². The van der Waals surface area contributed by atoms with Crippen LogP contribution in [0.5, 0.6) is 0 Å². The highest BCUT2D eigenvalue weighted by Crippen LogP contribution is 2.14. The van der Waals surface area contributed by atoms with Crippen molar-refractivity contribution in [1.82, 2.24) is 15.2 Å². The highest BCUT2D eigenvalue weighted by atomic mass is 32.1. The molecule has 1 aliphatic heterocycles. The average molecular weight is 255 g/mol. The van der Waals surface area contributed by atoms with Crippen LogP contribution in [-0.4, -0.2) is 49.3 Å². The number of aromatic nitrogens is 1. The van der Waals surface area contributed by atoms with Gasteiger partial charge in [-0.15, -0.1) is 11.3 Å². The van der Waals surface area contributed by atoms with Gasteiger partial charge in [0.05, 0.1) is 23.9 Å². The summed E-state index contributed by atoms with van der Waals surface area (Å²) in [5, 5.41) is 3.36. The summed E-state index contributed by atoms with van der Waals surface area (Å²) < 4.78 is 5.69. The Morgan fingerprint density at radius 1 is 1.65 bits per heavy atom. The Kier molecular flexibility index (Phi) is 4.91. The molecule has 0 aliphatic carbocycles. The molecule has 0 spiro atoms. The molecule has 0 radical (unpaired) electrons. The summed E-state index contributed by atoms with van der Waals surface area (Å²) in [4.78, 5) is 7.99. The van der Waals surface area contributed by atoms with Crippen LogP contribution in [0.1, 0.15) is 17.0 Å². The zero-order valence-corrected chi connectivity index (χ0v) is 11.4. The number of nitrogens with zero attached hydrogens (tertiary/aromatic N) is 2. The van der Waals surface area contributed by atoms with E-state index in [1.165, 1.54) is 4.88 Å². The standard InChI is InChI=1S/C12H21N3OS/c1-10-12(17-9-14-10)8-15(2)5-3-11-7-13-4-6-16-11/h9,11,13H,3-8H2,1-2H3. The molecule has 1 fully saturated rings. The lowest BCUT2D eigenvalue weighted by molar-refractivity contribution is 0.0184. The molecule has 17 heavy (non-hydrogen) atoms. The number of ether oxygens (including phenoxy) is 1. The van der Waals surface area contributed by atoms with E-state index in [0.29, 0.717) is 6.10 Å². The van der Waals surface area contributed by atoms with Gasteiger partial charge >= 0.3 is 0 Å². The smallest absolute Gasteiger partial charge is 0.0798 e. The van der Waals surface area contributed by atoms with Crippen LogP contribution in [0.25, 0.3) is 0 Å². The zero-order chi connectivity index (χ0) is 12.1. The summed E-state index contributed by atoms with van der Waals surface area (Å²) in [6.07, 6.45) is 1.48. The Labute approximate surface area is 107 Å². The minimum Gasteiger partial charge on any atom is -0.376 e. The van der Waals surface area contributed by atoms with E-state index in [2.05, 4.69) is 29.2 Å². The lowest BCUT2D eigenvalue weighted by atomic mass is 10.2. The van der Waals surface area contributed by atoms with Crippen molar-refractivity contribution in [3.63, 3.8) is 0 Å². The number of morpholine rings is 1. The third kappa shape index (κ3) is 4.03. The average Bonchev–Trinajstić information content (AvgIpc) is 2.74. The quantitative estimate of drug-likeness (QED) is 0.859. The second-order valence-corrected chi connectivity index (χ2v) is 5.52. The molecule has 96 valence electrons. The summed E-state index contributed by atoms with van der Waals surface area (Å²) in [7, 11) is 2.16. The van der Waals surface area contributed by atoms with E-state index in [9.17, 15) is 0 Å². The molecule has 1 aliphatic rings. The van der Waals surface area contributed by atoms with Gasteiger partial charge in [-0.2, -0.15) is 0 Å². The Morgan fingerprint density at radius 2 is 2.53 bits per heavy atom. The van der Waals surface area contributed by atoms with Crippen LogP contribution in [0, 0.1) is 6.92 Å². The van der Waals surface area contributed by atoms with E-state index in [0.717, 1.165) is 44.9 Å². The molecule has 1 atom stereocenters. The van der Waals surface area contributed by atoms with Gasteiger partial charge < -0.3 is 15.0 Å². The predicted octanol–water partition coefficient (Wildman–Crippen LogP) is 1.26. The first kappa shape index (κ1) is 13.0. The molecule has 1 unspecified atom stereocenters. The third-order valence-corrected chi connectivity index (χ3v) is 4.02. The van der Waals surface area contributed by atoms with Gasteiger partial charge in [-0.3, -0.25) is 0 Å². The van der Waals surface area contributed by atoms with E-state index < -0.39 is 0 Å². The fraction of sp³-hybridized carbons (Fsp3) is 0.750. The molecular formula is C12H21N3OS. The first-order valence-electron chi connectivity index (χ1n) is 6.15. The lowest BCUT2D eigenvalue weighted by Crippen LogP contribution is -2.40. The van der Waals surface area contributed by atoms with Crippen molar-refractivity contribution in [2.24, 2.45) is 0 Å². The number of hydrogen-bond donors (Lipinski definition) is 1. The SMILES string of the molecule is Cc1ncsc1CN(C)CCC1CNCCO1. The van der Waals surface area contributed by atoms with E-state index in [1.807, 2.05) is 5.51 Å². The van der Waals surface area contributed by atoms with Gasteiger partial charge in [0.25, 0.3) is 0 Å². The molecule has 1 aromatic heterocycles. The van der Waals surface area contributed by atoms with Crippen molar-refractivity contribution in [3.05, 3.63) is 16.1 Å². The highest BCUT2D eigenvalue weighted by Gasteiger charge is 2.14. The Bertz CT molecular complexity index is 336. The maximum absolute atomic E-state index is 5.69. The normalized spacial score (nSPS) is 21.0. The molecule has 2 rings (SSSR count). The van der Waals surface area contributed by atoms with Crippen LogP contribution in [-0.2, 0) is 11.3 Å². The Hall–Kier alpha value is -0.490. The molecule has 4 nitrogen and oxygen atoms in total. The fourth-order valence-corrected chi connectivity index (χ4v) is 2.83. The number of hydrogen-bond acceptors (Lipinski definition) is 5. The van der Waals surface area contributed by atoms with Crippen LogP contribution in [0.15, 0.2) is 5.51 Å². The minimum atomic E-state index is 0.383. The van der Waals surface area contributed by atoms with E-state index >= 15 is 0 Å². The lowest BCUT2D eigenvalue weighted by Gasteiger charge is -2.25. The van der Waals surface area contributed by atoms with Gasteiger partial charge in [0.1, 0.15) is 0 Å². The minimum absolute atomic E-state index is 0.383. The summed E-state index contributed by atoms with van der Waals surface area (Å²) in [5.74, 6) is 0. The van der Waals surface area contributed by atoms with E-state index in [1.54, 1.807) is 11.3 Å². The molecule has 5 heteroatoms. The number of thiazole rings is 1. The van der Waals surface area contributed by atoms with Crippen LogP contribution in [0.3, 0.4) is 0 Å². The van der Waals surface area contributed by atoms with Crippen LogP contribution >= 0.6 is 11.3 Å². The molecule has 0 saturated carbocycles. The molecule has 1 aromatic rings. The summed E-state index contributed by atoms with van der Waals surface area (Å²) in [5.41, 5.74) is 3.09. The Balaban J connectivity index is 1.70. The van der Waals surface area contributed by atoms with Crippen molar-refractivity contribution in [3.8, 4) is 0 Å². The topological polar surface area (TPSA) is 37.4 Å². The van der Waals surface area contributed by atoms with Crippen molar-refractivity contribution < 1.29 is 4.74 Å². The molecule has 0 bridgehead atoms. The first-order chi connectivity index (χ1) is 8.25. The second-order valence-electron chi connectivity index (χ2n) is 4.58. The summed E-state index contributed by atoms with van der Waals surface area (Å²) in [6, 6.07) is 0. The maximum Gasteiger partial charge on any atom is 0.0798 e. The molecular weight excluding hydrogens is 234 g/mol. The molecule has 0 amide bonds. The van der Waals surface area contributed by atoms with Crippen molar-refractivity contribution in [2.45, 2.75) is 26.0 Å². The third-order valence-electron chi connectivity index (χ3n) is 3.10. The van der Waals surface area contributed by atoms with Crippen molar-refractivity contribution >= 4 is 11.3 Å². The van der Waals surface area contributed by atoms with Crippen LogP contribution < -0.4 is 5.32 Å². The van der Waals surface area contributed by atoms with Crippen molar-refractivity contribution in [1.29, 1.82) is 0 Å². The molecule has 2 heterocycles. The number of rotatable bonds is 5. The molecule has 1 N–H and O–H groups in total. The van der Waals surface area contributed by atoms with Gasteiger partial charge in [-0.05, 0) is 20.4 Å². The summed E-state index contributed by atoms with van der Waals surface area (Å²) in [6.45, 7) is 6.98. The fourth-order valence-electron chi connectivity index (χ4n) is 1.97. The highest BCUT2D eigenvalue weighted by molar-refractivity contribution is 7.09. The van der Waals surface area contributed by atoms with E-state index in [4.69, 9.17) is 4.74 Å². The van der Waals surface area contributed by atoms with Gasteiger partial charge in [-0.25, -0.2) is 4.98 Å². The molecule has 0 aromatic carbocycles. The van der Waals surface area contributed by atoms with Gasteiger partial charge in [0, 0.05) is 31.1 Å². The van der Waals surface area contributed by atoms with Gasteiger partial charge in [0.2, 0.25) is 0 Å². The largest absolute Gasteiger partial charge is 0.376 e. The molecule has 1 saturated heterocycles. The summed E-state index contributed by atoms with van der Waals surface area (Å²) >= 11 is 1.74. The number of aryl methyl sites for hydroxylation is 1. The van der Waals surface area contributed by atoms with Gasteiger partial charge in [0.15, 0.2) is 0 Å². The van der Waals surface area contributed by atoms with Crippen LogP contribution in [0.2, 0.25) is 0 Å².